The van der Waals surface area contributed by atoms with Crippen molar-refractivity contribution in [3.05, 3.63) is 77.4 Å². The lowest BCUT2D eigenvalue weighted by Gasteiger charge is -2.23. The molecule has 0 saturated heterocycles. The molecule has 0 bridgehead atoms. The third-order valence-corrected chi connectivity index (χ3v) is 6.61. The Balaban J connectivity index is 1.30. The van der Waals surface area contributed by atoms with Gasteiger partial charge in [-0.1, -0.05) is 36.4 Å². The molecule has 3 aromatic rings. The average Bonchev–Trinajstić information content (AvgIpc) is 3.54. The van der Waals surface area contributed by atoms with Gasteiger partial charge >= 0.3 is 0 Å². The number of carbonyl (C=O) groups excluding carboxylic acids is 2. The lowest BCUT2D eigenvalue weighted by molar-refractivity contribution is -0.125. The molecule has 3 heterocycles. The molecule has 0 aliphatic carbocycles. The monoisotopic (exact) mass is 458 g/mol. The minimum absolute atomic E-state index is 0.105. The molecule has 1 spiro atoms. The second kappa shape index (κ2) is 7.69. The van der Waals surface area contributed by atoms with E-state index in [1.54, 1.807) is 13.2 Å². The summed E-state index contributed by atoms with van der Waals surface area (Å²) in [7, 11) is 1.59. The van der Waals surface area contributed by atoms with Crippen molar-refractivity contribution >= 4 is 17.5 Å². The van der Waals surface area contributed by atoms with Crippen molar-refractivity contribution in [1.82, 2.24) is 5.32 Å². The van der Waals surface area contributed by atoms with Gasteiger partial charge in [0.15, 0.2) is 11.5 Å². The number of amides is 2. The molecule has 2 amide bonds. The van der Waals surface area contributed by atoms with E-state index in [-0.39, 0.29) is 31.8 Å². The summed E-state index contributed by atoms with van der Waals surface area (Å²) in [5.74, 6) is 2.01. The van der Waals surface area contributed by atoms with E-state index in [1.807, 2.05) is 54.6 Å². The molecule has 3 aromatic carbocycles. The number of hydrogen-bond donors (Lipinski definition) is 1. The number of methoxy groups -OCH3 is 1. The number of rotatable bonds is 5. The van der Waals surface area contributed by atoms with Crippen molar-refractivity contribution < 1.29 is 28.5 Å². The van der Waals surface area contributed by atoms with E-state index in [2.05, 4.69) is 5.32 Å². The van der Waals surface area contributed by atoms with Gasteiger partial charge in [0.2, 0.25) is 18.6 Å². The summed E-state index contributed by atoms with van der Waals surface area (Å²) in [6, 6.07) is 18.6. The van der Waals surface area contributed by atoms with Gasteiger partial charge in [-0.2, -0.15) is 0 Å². The van der Waals surface area contributed by atoms with Crippen LogP contribution in [-0.4, -0.2) is 38.9 Å². The Kier molecular flexibility index (Phi) is 4.62. The normalized spacial score (nSPS) is 19.1. The van der Waals surface area contributed by atoms with Gasteiger partial charge < -0.3 is 29.2 Å². The average molecular weight is 458 g/mol. The van der Waals surface area contributed by atoms with Gasteiger partial charge in [-0.25, -0.2) is 0 Å². The minimum Gasteiger partial charge on any atom is -0.496 e. The molecule has 3 aliphatic rings. The number of nitrogens with one attached hydrogen (secondary N) is 1. The molecule has 8 heteroatoms. The number of ether oxygens (including phenoxy) is 4. The molecule has 0 aromatic heterocycles. The number of para-hydroxylation sites is 2. The van der Waals surface area contributed by atoms with Crippen LogP contribution in [0, 0.1) is 0 Å². The first-order valence-corrected chi connectivity index (χ1v) is 11.0. The SMILES string of the molecule is COc1ccccc1CNC(=O)CN1C(=O)C2(COc3cc4c(cc32)OCO4)c2ccccc21. The third kappa shape index (κ3) is 2.91. The predicted octanol–water partition coefficient (Wildman–Crippen LogP) is 2.77. The first-order valence-electron chi connectivity index (χ1n) is 11.0. The van der Waals surface area contributed by atoms with Gasteiger partial charge in [-0.15, -0.1) is 0 Å². The summed E-state index contributed by atoms with van der Waals surface area (Å²) in [6.45, 7) is 0.481. The molecule has 1 unspecified atom stereocenters. The molecule has 6 rings (SSSR count). The van der Waals surface area contributed by atoms with Crippen molar-refractivity contribution in [2.24, 2.45) is 0 Å². The number of nitrogens with zero attached hydrogens (tertiary/aromatic N) is 1. The number of benzene rings is 3. The topological polar surface area (TPSA) is 86.3 Å². The summed E-state index contributed by atoms with van der Waals surface area (Å²) in [4.78, 5) is 28.4. The van der Waals surface area contributed by atoms with Crippen molar-refractivity contribution in [3.63, 3.8) is 0 Å². The maximum absolute atomic E-state index is 13.9. The fourth-order valence-electron chi connectivity index (χ4n) is 4.96. The van der Waals surface area contributed by atoms with Gasteiger partial charge in [-0.3, -0.25) is 9.59 Å². The minimum atomic E-state index is -1.03. The summed E-state index contributed by atoms with van der Waals surface area (Å²) in [5.41, 5.74) is 2.07. The molecular formula is C26H22N2O6. The Morgan fingerprint density at radius 2 is 1.76 bits per heavy atom. The van der Waals surface area contributed by atoms with Gasteiger partial charge in [-0.05, 0) is 23.8 Å². The van der Waals surface area contributed by atoms with Crippen LogP contribution in [0.4, 0.5) is 5.69 Å². The van der Waals surface area contributed by atoms with Crippen LogP contribution in [0.1, 0.15) is 16.7 Å². The van der Waals surface area contributed by atoms with Crippen LogP contribution in [0.5, 0.6) is 23.0 Å². The smallest absolute Gasteiger partial charge is 0.246 e. The molecule has 0 radical (unpaired) electrons. The Hall–Kier alpha value is -4.20. The zero-order chi connectivity index (χ0) is 23.3. The van der Waals surface area contributed by atoms with Gasteiger partial charge in [0.05, 0.1) is 7.11 Å². The van der Waals surface area contributed by atoms with Crippen molar-refractivity contribution in [2.75, 3.05) is 32.0 Å². The number of fused-ring (bicyclic) bond motifs is 5. The highest BCUT2D eigenvalue weighted by atomic mass is 16.7. The number of carbonyl (C=O) groups is 2. The molecule has 1 atom stereocenters. The van der Waals surface area contributed by atoms with E-state index in [4.69, 9.17) is 18.9 Å². The van der Waals surface area contributed by atoms with E-state index in [0.717, 1.165) is 16.7 Å². The van der Waals surface area contributed by atoms with Gasteiger partial charge in [0.1, 0.15) is 30.1 Å². The van der Waals surface area contributed by atoms with Crippen LogP contribution in [-0.2, 0) is 21.5 Å². The van der Waals surface area contributed by atoms with E-state index in [1.165, 1.54) is 4.90 Å². The van der Waals surface area contributed by atoms with Crippen LogP contribution in [0.15, 0.2) is 60.7 Å². The predicted molar refractivity (Wildman–Crippen MR) is 122 cm³/mol. The van der Waals surface area contributed by atoms with E-state index < -0.39 is 5.41 Å². The zero-order valence-corrected chi connectivity index (χ0v) is 18.5. The lowest BCUT2D eigenvalue weighted by Crippen LogP contribution is -2.46. The van der Waals surface area contributed by atoms with E-state index in [0.29, 0.717) is 35.2 Å². The Morgan fingerprint density at radius 3 is 2.62 bits per heavy atom. The molecular weight excluding hydrogens is 436 g/mol. The molecule has 3 aliphatic heterocycles. The second-order valence-corrected chi connectivity index (χ2v) is 8.39. The third-order valence-electron chi connectivity index (χ3n) is 6.61. The molecule has 8 nitrogen and oxygen atoms in total. The standard InChI is InChI=1S/C26H22N2O6/c1-31-20-9-5-2-6-16(20)12-27-24(29)13-28-19-8-4-3-7-17(19)26(25(28)30)14-32-21-11-23-22(10-18(21)26)33-15-34-23/h2-11H,12-15H2,1H3,(H,27,29). The van der Waals surface area contributed by atoms with E-state index >= 15 is 0 Å². The lowest BCUT2D eigenvalue weighted by atomic mass is 9.77. The van der Waals surface area contributed by atoms with Crippen molar-refractivity contribution in [3.8, 4) is 23.0 Å². The first-order chi connectivity index (χ1) is 16.6. The fraction of sp³-hybridized carbons (Fsp3) is 0.231. The van der Waals surface area contributed by atoms with Crippen LogP contribution in [0.2, 0.25) is 0 Å². The largest absolute Gasteiger partial charge is 0.496 e. The van der Waals surface area contributed by atoms with Crippen molar-refractivity contribution in [1.29, 1.82) is 0 Å². The quantitative estimate of drug-likeness (QED) is 0.633. The highest BCUT2D eigenvalue weighted by Gasteiger charge is 2.57. The zero-order valence-electron chi connectivity index (χ0n) is 18.5. The van der Waals surface area contributed by atoms with Crippen LogP contribution in [0.25, 0.3) is 0 Å². The Labute approximate surface area is 196 Å². The summed E-state index contributed by atoms with van der Waals surface area (Å²) >= 11 is 0. The highest BCUT2D eigenvalue weighted by Crippen LogP contribution is 2.54. The van der Waals surface area contributed by atoms with Crippen molar-refractivity contribution in [2.45, 2.75) is 12.0 Å². The maximum Gasteiger partial charge on any atom is 0.246 e. The molecule has 0 fully saturated rings. The van der Waals surface area contributed by atoms with Crippen LogP contribution < -0.4 is 29.2 Å². The maximum atomic E-state index is 13.9. The van der Waals surface area contributed by atoms with E-state index in [9.17, 15) is 9.59 Å². The molecule has 172 valence electrons. The second-order valence-electron chi connectivity index (χ2n) is 8.39. The summed E-state index contributed by atoms with van der Waals surface area (Å²) in [5, 5.41) is 2.90. The summed E-state index contributed by atoms with van der Waals surface area (Å²) in [6.07, 6.45) is 0. The Morgan fingerprint density at radius 1 is 1.00 bits per heavy atom. The fourth-order valence-corrected chi connectivity index (χ4v) is 4.96. The molecule has 1 N–H and O–H groups in total. The summed E-state index contributed by atoms with van der Waals surface area (Å²) < 4.78 is 22.4. The van der Waals surface area contributed by atoms with Gasteiger partial charge in [0.25, 0.3) is 0 Å². The molecule has 0 saturated carbocycles. The van der Waals surface area contributed by atoms with Crippen LogP contribution in [0.3, 0.4) is 0 Å². The Bertz CT molecular complexity index is 1320. The first kappa shape index (κ1) is 20.4. The molecule has 34 heavy (non-hydrogen) atoms. The van der Waals surface area contributed by atoms with Crippen LogP contribution >= 0.6 is 0 Å². The number of anilines is 1. The van der Waals surface area contributed by atoms with Gasteiger partial charge in [0, 0.05) is 29.4 Å². The highest BCUT2D eigenvalue weighted by molar-refractivity contribution is 6.13. The number of hydrogen-bond acceptors (Lipinski definition) is 6.